The van der Waals surface area contributed by atoms with E-state index in [0.717, 1.165) is 11.5 Å². The van der Waals surface area contributed by atoms with Gasteiger partial charge in [0.25, 0.3) is 0 Å². The molecule has 3 rings (SSSR count). The summed E-state index contributed by atoms with van der Waals surface area (Å²) in [6, 6.07) is 3.80. The molecule has 9 heteroatoms. The van der Waals surface area contributed by atoms with Gasteiger partial charge in [0.05, 0.1) is 28.0 Å². The summed E-state index contributed by atoms with van der Waals surface area (Å²) in [6.45, 7) is 0. The summed E-state index contributed by atoms with van der Waals surface area (Å²) in [7, 11) is 1.78. The molecule has 3 aromatic rings. The molecule has 1 aromatic carbocycles. The van der Waals surface area contributed by atoms with Crippen LogP contribution in [0.1, 0.15) is 0 Å². The fraction of sp³-hybridized carbons (Fsp3) is 0.143. The van der Waals surface area contributed by atoms with E-state index < -0.39 is 5.82 Å². The Morgan fingerprint density at radius 2 is 2.26 bits per heavy atom. The van der Waals surface area contributed by atoms with Gasteiger partial charge in [-0.25, -0.2) is 14.4 Å². The van der Waals surface area contributed by atoms with Crippen molar-refractivity contribution in [2.45, 2.75) is 5.03 Å². The Balaban J connectivity index is 1.68. The zero-order valence-corrected chi connectivity index (χ0v) is 13.5. The first-order chi connectivity index (χ1) is 11.0. The molecule has 23 heavy (non-hydrogen) atoms. The normalized spacial score (nSPS) is 10.9. The van der Waals surface area contributed by atoms with Crippen molar-refractivity contribution in [2.75, 3.05) is 11.1 Å². The van der Waals surface area contributed by atoms with Gasteiger partial charge in [-0.3, -0.25) is 9.48 Å². The minimum atomic E-state index is -0.456. The highest BCUT2D eigenvalue weighted by Crippen LogP contribution is 2.25. The maximum Gasteiger partial charge on any atom is 0.234 e. The number of carbonyl (C=O) groups is 1. The van der Waals surface area contributed by atoms with E-state index in [0.29, 0.717) is 16.4 Å². The van der Waals surface area contributed by atoms with E-state index in [1.165, 1.54) is 30.2 Å². The van der Waals surface area contributed by atoms with E-state index in [-0.39, 0.29) is 16.7 Å². The fourth-order valence-electron chi connectivity index (χ4n) is 1.97. The Morgan fingerprint density at radius 1 is 1.43 bits per heavy atom. The van der Waals surface area contributed by atoms with E-state index in [2.05, 4.69) is 20.4 Å². The molecule has 0 fully saturated rings. The van der Waals surface area contributed by atoms with Crippen molar-refractivity contribution >= 4 is 46.0 Å². The van der Waals surface area contributed by atoms with Crippen molar-refractivity contribution in [2.24, 2.45) is 7.05 Å². The molecular formula is C14H11ClFN5OS. The summed E-state index contributed by atoms with van der Waals surface area (Å²) in [6.07, 6.45) is 3.09. The third-order valence-corrected chi connectivity index (χ3v) is 4.36. The number of amides is 1. The summed E-state index contributed by atoms with van der Waals surface area (Å²) in [5.41, 5.74) is 1.07. The third kappa shape index (κ3) is 3.43. The van der Waals surface area contributed by atoms with Gasteiger partial charge in [0.2, 0.25) is 5.91 Å². The first kappa shape index (κ1) is 15.7. The minimum Gasteiger partial charge on any atom is -0.324 e. The van der Waals surface area contributed by atoms with Gasteiger partial charge in [-0.15, -0.1) is 0 Å². The van der Waals surface area contributed by atoms with Gasteiger partial charge in [-0.05, 0) is 18.2 Å². The lowest BCUT2D eigenvalue weighted by atomic mass is 10.3. The van der Waals surface area contributed by atoms with Crippen LogP contribution in [0.2, 0.25) is 5.02 Å². The van der Waals surface area contributed by atoms with E-state index >= 15 is 0 Å². The van der Waals surface area contributed by atoms with Crippen LogP contribution >= 0.6 is 23.4 Å². The smallest absolute Gasteiger partial charge is 0.234 e. The summed E-state index contributed by atoms with van der Waals surface area (Å²) in [5.74, 6) is -0.587. The molecule has 0 aliphatic heterocycles. The number of nitrogens with one attached hydrogen (secondary N) is 1. The van der Waals surface area contributed by atoms with Crippen LogP contribution in [0, 0.1) is 5.82 Å². The van der Waals surface area contributed by atoms with E-state index in [4.69, 9.17) is 11.6 Å². The molecule has 0 aliphatic rings. The highest BCUT2D eigenvalue weighted by molar-refractivity contribution is 8.00. The monoisotopic (exact) mass is 351 g/mol. The van der Waals surface area contributed by atoms with Crippen molar-refractivity contribution in [3.63, 3.8) is 0 Å². The van der Waals surface area contributed by atoms with Crippen molar-refractivity contribution in [1.82, 2.24) is 19.7 Å². The summed E-state index contributed by atoms with van der Waals surface area (Å²) in [5, 5.41) is 8.36. The number of aromatic nitrogens is 4. The molecule has 1 amide bonds. The highest BCUT2D eigenvalue weighted by Gasteiger charge is 2.12. The van der Waals surface area contributed by atoms with E-state index in [1.807, 2.05) is 0 Å². The van der Waals surface area contributed by atoms with Crippen molar-refractivity contribution in [1.29, 1.82) is 0 Å². The first-order valence-electron chi connectivity index (χ1n) is 6.55. The third-order valence-electron chi connectivity index (χ3n) is 3.04. The summed E-state index contributed by atoms with van der Waals surface area (Å²) >= 11 is 7.14. The molecule has 1 N–H and O–H groups in total. The van der Waals surface area contributed by atoms with Crippen LogP contribution in [0.25, 0.3) is 11.0 Å². The van der Waals surface area contributed by atoms with Crippen LogP contribution in [-0.2, 0) is 11.8 Å². The Morgan fingerprint density at radius 3 is 3.04 bits per heavy atom. The summed E-state index contributed by atoms with van der Waals surface area (Å²) < 4.78 is 14.6. The second kappa shape index (κ2) is 6.51. The molecule has 0 saturated heterocycles. The van der Waals surface area contributed by atoms with Crippen LogP contribution in [0.5, 0.6) is 0 Å². The molecule has 0 radical (unpaired) electrons. The minimum absolute atomic E-state index is 0.134. The number of hydrogen-bond acceptors (Lipinski definition) is 5. The molecule has 0 spiro atoms. The topological polar surface area (TPSA) is 72.7 Å². The average molecular weight is 352 g/mol. The fourth-order valence-corrected chi connectivity index (χ4v) is 2.94. The van der Waals surface area contributed by atoms with Crippen LogP contribution in [0.15, 0.2) is 35.7 Å². The van der Waals surface area contributed by atoms with Gasteiger partial charge in [0.1, 0.15) is 17.2 Å². The van der Waals surface area contributed by atoms with Crippen molar-refractivity contribution in [3.8, 4) is 0 Å². The number of halogens is 2. The average Bonchev–Trinajstić information content (AvgIpc) is 2.90. The Hall–Kier alpha value is -2.19. The van der Waals surface area contributed by atoms with Gasteiger partial charge < -0.3 is 5.32 Å². The predicted octanol–water partition coefficient (Wildman–Crippen LogP) is 2.89. The molecule has 0 bridgehead atoms. The van der Waals surface area contributed by atoms with E-state index in [1.54, 1.807) is 17.9 Å². The standard InChI is InChI=1S/C14H11ClFN5OS/c1-21-13-9(5-19-21)14(18-7-17-13)23-6-12(22)20-11-3-2-8(16)4-10(11)15/h2-5,7H,6H2,1H3,(H,20,22). The van der Waals surface area contributed by atoms with Gasteiger partial charge in [0.15, 0.2) is 5.65 Å². The zero-order valence-electron chi connectivity index (χ0n) is 12.0. The Kier molecular flexibility index (Phi) is 4.44. The SMILES string of the molecule is Cn1ncc2c(SCC(=O)Nc3ccc(F)cc3Cl)ncnc21. The Labute approximate surface area is 140 Å². The number of carbonyl (C=O) groups excluding carboxylic acids is 1. The molecule has 0 aliphatic carbocycles. The van der Waals surface area contributed by atoms with Crippen molar-refractivity contribution in [3.05, 3.63) is 41.6 Å². The maximum atomic E-state index is 13.0. The largest absolute Gasteiger partial charge is 0.324 e. The quantitative estimate of drug-likeness (QED) is 0.578. The number of benzene rings is 1. The Bertz CT molecular complexity index is 885. The zero-order chi connectivity index (χ0) is 16.4. The van der Waals surface area contributed by atoms with Gasteiger partial charge in [-0.2, -0.15) is 5.10 Å². The highest BCUT2D eigenvalue weighted by atomic mass is 35.5. The predicted molar refractivity (Wildman–Crippen MR) is 87.1 cm³/mol. The maximum absolute atomic E-state index is 13.0. The number of aryl methyl sites for hydroxylation is 1. The molecule has 118 valence electrons. The van der Waals surface area contributed by atoms with Crippen LogP contribution in [-0.4, -0.2) is 31.4 Å². The molecule has 2 aromatic heterocycles. The van der Waals surface area contributed by atoms with Crippen LogP contribution in [0.3, 0.4) is 0 Å². The van der Waals surface area contributed by atoms with Gasteiger partial charge in [-0.1, -0.05) is 23.4 Å². The number of thioether (sulfide) groups is 1. The van der Waals surface area contributed by atoms with Crippen LogP contribution < -0.4 is 5.32 Å². The molecule has 0 unspecified atom stereocenters. The van der Waals surface area contributed by atoms with E-state index in [9.17, 15) is 9.18 Å². The molecule has 2 heterocycles. The lowest BCUT2D eigenvalue weighted by molar-refractivity contribution is -0.113. The number of nitrogens with zero attached hydrogens (tertiary/aromatic N) is 4. The number of rotatable bonds is 4. The first-order valence-corrected chi connectivity index (χ1v) is 7.91. The summed E-state index contributed by atoms with van der Waals surface area (Å²) in [4.78, 5) is 20.3. The molecule has 0 saturated carbocycles. The lowest BCUT2D eigenvalue weighted by Crippen LogP contribution is -2.14. The lowest BCUT2D eigenvalue weighted by Gasteiger charge is -2.07. The number of hydrogen-bond donors (Lipinski definition) is 1. The second-order valence-electron chi connectivity index (χ2n) is 4.65. The second-order valence-corrected chi connectivity index (χ2v) is 6.02. The number of anilines is 1. The van der Waals surface area contributed by atoms with Gasteiger partial charge >= 0.3 is 0 Å². The van der Waals surface area contributed by atoms with Crippen molar-refractivity contribution < 1.29 is 9.18 Å². The molecule has 6 nitrogen and oxygen atoms in total. The molecular weight excluding hydrogens is 341 g/mol. The number of fused-ring (bicyclic) bond motifs is 1. The van der Waals surface area contributed by atoms with Crippen LogP contribution in [0.4, 0.5) is 10.1 Å². The molecule has 0 atom stereocenters. The van der Waals surface area contributed by atoms with Gasteiger partial charge in [0, 0.05) is 7.05 Å².